The highest BCUT2D eigenvalue weighted by Gasteiger charge is 2.45. The molecule has 0 spiro atoms. The fourth-order valence-electron chi connectivity index (χ4n) is 1.99. The van der Waals surface area contributed by atoms with E-state index in [1.54, 1.807) is 0 Å². The van der Waals surface area contributed by atoms with Gasteiger partial charge in [-0.15, -0.1) is 0 Å². The van der Waals surface area contributed by atoms with Crippen molar-refractivity contribution in [2.24, 2.45) is 5.41 Å². The average molecular weight is 259 g/mol. The molecule has 0 aromatic rings. The molecule has 1 fully saturated rings. The van der Waals surface area contributed by atoms with E-state index in [2.05, 4.69) is 12.2 Å². The number of carboxylic acids is 1. The van der Waals surface area contributed by atoms with E-state index in [1.165, 1.54) is 0 Å². The molecule has 0 aliphatic heterocycles. The van der Waals surface area contributed by atoms with Crippen molar-refractivity contribution in [3.63, 3.8) is 0 Å². The summed E-state index contributed by atoms with van der Waals surface area (Å²) in [6.07, 6.45) is 3.29. The summed E-state index contributed by atoms with van der Waals surface area (Å²) in [6.45, 7) is 2.76. The van der Waals surface area contributed by atoms with Crippen molar-refractivity contribution in [3.8, 4) is 0 Å². The number of hydrogen-bond acceptors (Lipinski definition) is 3. The maximum Gasteiger partial charge on any atom is 0.310 e. The highest BCUT2D eigenvalue weighted by atomic mass is 32.2. The summed E-state index contributed by atoms with van der Waals surface area (Å²) in [7, 11) is 0. The fraction of sp³-hybridized carbons (Fsp3) is 0.833. The molecule has 1 amide bonds. The number of carbonyl (C=O) groups is 2. The molecular weight excluding hydrogens is 238 g/mol. The van der Waals surface area contributed by atoms with Crippen molar-refractivity contribution in [1.82, 2.24) is 5.32 Å². The molecule has 0 unspecified atom stereocenters. The summed E-state index contributed by atoms with van der Waals surface area (Å²) in [5.41, 5.74) is -0.762. The monoisotopic (exact) mass is 259 g/mol. The van der Waals surface area contributed by atoms with Crippen LogP contribution in [0.1, 0.15) is 39.0 Å². The molecule has 0 saturated heterocycles. The maximum atomic E-state index is 11.6. The molecule has 0 aromatic carbocycles. The largest absolute Gasteiger partial charge is 0.481 e. The number of rotatable bonds is 8. The van der Waals surface area contributed by atoms with Gasteiger partial charge in [-0.2, -0.15) is 11.8 Å². The van der Waals surface area contributed by atoms with Gasteiger partial charge in [-0.05, 0) is 30.8 Å². The van der Waals surface area contributed by atoms with Crippen molar-refractivity contribution in [2.75, 3.05) is 18.1 Å². The van der Waals surface area contributed by atoms with E-state index in [9.17, 15) is 9.59 Å². The Morgan fingerprint density at radius 3 is 2.59 bits per heavy atom. The number of amides is 1. The fourth-order valence-corrected chi connectivity index (χ4v) is 2.62. The predicted octanol–water partition coefficient (Wildman–Crippen LogP) is 1.89. The van der Waals surface area contributed by atoms with Crippen LogP contribution in [0.3, 0.4) is 0 Å². The first-order chi connectivity index (χ1) is 8.10. The molecule has 1 aliphatic rings. The van der Waals surface area contributed by atoms with Crippen molar-refractivity contribution >= 4 is 23.6 Å². The van der Waals surface area contributed by atoms with Crippen LogP contribution >= 0.6 is 11.8 Å². The van der Waals surface area contributed by atoms with Gasteiger partial charge in [0, 0.05) is 13.0 Å². The van der Waals surface area contributed by atoms with Crippen LogP contribution in [-0.4, -0.2) is 35.0 Å². The molecule has 1 saturated carbocycles. The molecule has 0 aromatic heterocycles. The lowest BCUT2D eigenvalue weighted by atomic mass is 9.66. The molecule has 0 atom stereocenters. The second-order valence-electron chi connectivity index (χ2n) is 4.52. The standard InChI is InChI=1S/C12H21NO3S/c1-2-17-8-4-7-13-10(14)9-12(11(15)16)5-3-6-12/h2-9H2,1H3,(H,13,14)(H,15,16). The first-order valence-electron chi connectivity index (χ1n) is 6.18. The van der Waals surface area contributed by atoms with E-state index < -0.39 is 11.4 Å². The number of aliphatic carboxylic acids is 1. The summed E-state index contributed by atoms with van der Waals surface area (Å²) in [4.78, 5) is 22.7. The van der Waals surface area contributed by atoms with Gasteiger partial charge in [-0.1, -0.05) is 13.3 Å². The molecule has 1 rings (SSSR count). The number of nitrogens with one attached hydrogen (secondary N) is 1. The first-order valence-corrected chi connectivity index (χ1v) is 7.34. The van der Waals surface area contributed by atoms with Crippen LogP contribution < -0.4 is 5.32 Å². The molecule has 0 bridgehead atoms. The summed E-state index contributed by atoms with van der Waals surface area (Å²) >= 11 is 1.85. The Kier molecular flexibility index (Phi) is 5.82. The zero-order valence-electron chi connectivity index (χ0n) is 10.3. The second-order valence-corrected chi connectivity index (χ2v) is 5.91. The van der Waals surface area contributed by atoms with E-state index >= 15 is 0 Å². The van der Waals surface area contributed by atoms with Gasteiger partial charge in [0.1, 0.15) is 0 Å². The van der Waals surface area contributed by atoms with E-state index in [-0.39, 0.29) is 12.3 Å². The summed E-state index contributed by atoms with van der Waals surface area (Å²) in [5.74, 6) is 1.20. The Labute approximate surface area is 107 Å². The van der Waals surface area contributed by atoms with Gasteiger partial charge in [0.15, 0.2) is 0 Å². The number of carboxylic acid groups (broad SMARTS) is 1. The van der Waals surface area contributed by atoms with Crippen LogP contribution in [0.4, 0.5) is 0 Å². The SMILES string of the molecule is CCSCCCNC(=O)CC1(C(=O)O)CCC1. The lowest BCUT2D eigenvalue weighted by Gasteiger charge is -2.36. The molecule has 2 N–H and O–H groups in total. The third-order valence-electron chi connectivity index (χ3n) is 3.26. The van der Waals surface area contributed by atoms with Crippen molar-refractivity contribution < 1.29 is 14.7 Å². The van der Waals surface area contributed by atoms with Gasteiger partial charge in [0.05, 0.1) is 5.41 Å². The molecular formula is C12H21NO3S. The lowest BCUT2D eigenvalue weighted by Crippen LogP contribution is -2.42. The zero-order valence-corrected chi connectivity index (χ0v) is 11.1. The van der Waals surface area contributed by atoms with Crippen LogP contribution in [0, 0.1) is 5.41 Å². The predicted molar refractivity (Wildman–Crippen MR) is 69.2 cm³/mol. The Morgan fingerprint density at radius 2 is 2.12 bits per heavy atom. The van der Waals surface area contributed by atoms with Crippen molar-refractivity contribution in [2.45, 2.75) is 39.0 Å². The molecule has 98 valence electrons. The Balaban J connectivity index is 2.18. The van der Waals surface area contributed by atoms with E-state index in [0.717, 1.165) is 24.3 Å². The van der Waals surface area contributed by atoms with E-state index in [4.69, 9.17) is 5.11 Å². The minimum atomic E-state index is -0.819. The van der Waals surface area contributed by atoms with Crippen molar-refractivity contribution in [3.05, 3.63) is 0 Å². The third-order valence-corrected chi connectivity index (χ3v) is 4.24. The molecule has 17 heavy (non-hydrogen) atoms. The number of thioether (sulfide) groups is 1. The third kappa shape index (κ3) is 4.22. The molecule has 1 aliphatic carbocycles. The Morgan fingerprint density at radius 1 is 1.41 bits per heavy atom. The average Bonchev–Trinajstić information content (AvgIpc) is 2.22. The van der Waals surface area contributed by atoms with Gasteiger partial charge in [-0.3, -0.25) is 9.59 Å². The van der Waals surface area contributed by atoms with Crippen molar-refractivity contribution in [1.29, 1.82) is 0 Å². The highest BCUT2D eigenvalue weighted by Crippen LogP contribution is 2.44. The van der Waals surface area contributed by atoms with E-state index in [1.807, 2.05) is 11.8 Å². The minimum Gasteiger partial charge on any atom is -0.481 e. The molecule has 0 radical (unpaired) electrons. The van der Waals surface area contributed by atoms with Gasteiger partial charge in [0.25, 0.3) is 0 Å². The quantitative estimate of drug-likeness (QED) is 0.653. The van der Waals surface area contributed by atoms with Crippen LogP contribution in [0.2, 0.25) is 0 Å². The van der Waals surface area contributed by atoms with Gasteiger partial charge in [-0.25, -0.2) is 0 Å². The molecule has 4 nitrogen and oxygen atoms in total. The normalized spacial score (nSPS) is 17.2. The zero-order chi connectivity index (χ0) is 12.7. The Bertz CT molecular complexity index is 277. The Hall–Kier alpha value is -0.710. The van der Waals surface area contributed by atoms with Crippen LogP contribution in [-0.2, 0) is 9.59 Å². The summed E-state index contributed by atoms with van der Waals surface area (Å²) in [5, 5.41) is 11.9. The van der Waals surface area contributed by atoms with Crippen LogP contribution in [0.25, 0.3) is 0 Å². The number of carbonyl (C=O) groups excluding carboxylic acids is 1. The van der Waals surface area contributed by atoms with Gasteiger partial charge < -0.3 is 10.4 Å². The molecule has 0 heterocycles. The topological polar surface area (TPSA) is 66.4 Å². The van der Waals surface area contributed by atoms with Crippen LogP contribution in [0.15, 0.2) is 0 Å². The van der Waals surface area contributed by atoms with Gasteiger partial charge >= 0.3 is 5.97 Å². The summed E-state index contributed by atoms with van der Waals surface area (Å²) in [6, 6.07) is 0. The smallest absolute Gasteiger partial charge is 0.310 e. The van der Waals surface area contributed by atoms with Gasteiger partial charge in [0.2, 0.25) is 5.91 Å². The highest BCUT2D eigenvalue weighted by molar-refractivity contribution is 7.99. The molecule has 5 heteroatoms. The number of hydrogen-bond donors (Lipinski definition) is 2. The first kappa shape index (κ1) is 14.4. The minimum absolute atomic E-state index is 0.117. The maximum absolute atomic E-state index is 11.6. The van der Waals surface area contributed by atoms with E-state index in [0.29, 0.717) is 19.4 Å². The van der Waals surface area contributed by atoms with Crippen LogP contribution in [0.5, 0.6) is 0 Å². The second kappa shape index (κ2) is 6.89. The summed E-state index contributed by atoms with van der Waals surface area (Å²) < 4.78 is 0. The lowest BCUT2D eigenvalue weighted by molar-refractivity contribution is -0.157.